The zero-order valence-electron chi connectivity index (χ0n) is 8.70. The summed E-state index contributed by atoms with van der Waals surface area (Å²) < 4.78 is 5.04. The van der Waals surface area contributed by atoms with Crippen molar-refractivity contribution < 1.29 is 4.42 Å². The highest BCUT2D eigenvalue weighted by atomic mass is 16.4. The van der Waals surface area contributed by atoms with Crippen LogP contribution in [-0.2, 0) is 0 Å². The summed E-state index contributed by atoms with van der Waals surface area (Å²) in [6.45, 7) is 5.75. The van der Waals surface area contributed by atoms with Crippen molar-refractivity contribution in [1.82, 2.24) is 0 Å². The third-order valence-corrected chi connectivity index (χ3v) is 1.82. The van der Waals surface area contributed by atoms with Gasteiger partial charge < -0.3 is 4.42 Å². The van der Waals surface area contributed by atoms with Gasteiger partial charge in [-0.2, -0.15) is 0 Å². The summed E-state index contributed by atoms with van der Waals surface area (Å²) in [5.41, 5.74) is 1.04. The van der Waals surface area contributed by atoms with Crippen molar-refractivity contribution in [1.29, 1.82) is 0 Å². The molecule has 0 amide bonds. The Bertz CT molecular complexity index is 469. The number of fused-ring (bicyclic) bond motifs is 1. The Morgan fingerprint density at radius 1 is 1.14 bits per heavy atom. The number of para-hydroxylation sites is 1. The fourth-order valence-electron chi connectivity index (χ4n) is 1.17. The fourth-order valence-corrected chi connectivity index (χ4v) is 1.17. The van der Waals surface area contributed by atoms with Gasteiger partial charge in [-0.25, -0.2) is 4.79 Å². The van der Waals surface area contributed by atoms with Crippen LogP contribution in [0.2, 0.25) is 0 Å². The van der Waals surface area contributed by atoms with E-state index < -0.39 is 0 Å². The molecule has 0 spiro atoms. The van der Waals surface area contributed by atoms with Crippen LogP contribution in [0.5, 0.6) is 0 Å². The third-order valence-electron chi connectivity index (χ3n) is 1.82. The Labute approximate surface area is 83.2 Å². The molecule has 0 aliphatic rings. The summed E-state index contributed by atoms with van der Waals surface area (Å²) in [7, 11) is 0. The molecule has 0 saturated heterocycles. The zero-order chi connectivity index (χ0) is 10.6. The monoisotopic (exact) mass is 190 g/mol. The Hall–Kier alpha value is -1.57. The molecule has 0 N–H and O–H groups in total. The van der Waals surface area contributed by atoms with Crippen LogP contribution >= 0.6 is 0 Å². The quantitative estimate of drug-likeness (QED) is 0.597. The SMILES string of the molecule is CC.Cc1cc2ccccc2oc1=O. The van der Waals surface area contributed by atoms with Crippen LogP contribution < -0.4 is 5.63 Å². The molecule has 2 heteroatoms. The minimum absolute atomic E-state index is 0.256. The fraction of sp³-hybridized carbons (Fsp3) is 0.250. The number of hydrogen-bond donors (Lipinski definition) is 0. The number of rotatable bonds is 0. The van der Waals surface area contributed by atoms with Crippen molar-refractivity contribution in [3.8, 4) is 0 Å². The maximum Gasteiger partial charge on any atom is 0.339 e. The van der Waals surface area contributed by atoms with Crippen LogP contribution in [0.1, 0.15) is 19.4 Å². The molecule has 74 valence electrons. The highest BCUT2D eigenvalue weighted by molar-refractivity contribution is 5.76. The normalized spacial score (nSPS) is 9.36. The van der Waals surface area contributed by atoms with Gasteiger partial charge in [-0.15, -0.1) is 0 Å². The molecular weight excluding hydrogens is 176 g/mol. The topological polar surface area (TPSA) is 30.2 Å². The van der Waals surface area contributed by atoms with E-state index in [4.69, 9.17) is 4.42 Å². The van der Waals surface area contributed by atoms with Gasteiger partial charge >= 0.3 is 5.63 Å². The molecule has 0 radical (unpaired) electrons. The molecule has 0 aliphatic heterocycles. The molecule has 0 aliphatic carbocycles. The smallest absolute Gasteiger partial charge is 0.339 e. The first-order chi connectivity index (χ1) is 6.77. The summed E-state index contributed by atoms with van der Waals surface area (Å²) in [4.78, 5) is 11.1. The van der Waals surface area contributed by atoms with Gasteiger partial charge in [0.05, 0.1) is 0 Å². The summed E-state index contributed by atoms with van der Waals surface area (Å²) in [6.07, 6.45) is 0. The van der Waals surface area contributed by atoms with E-state index in [2.05, 4.69) is 0 Å². The van der Waals surface area contributed by atoms with Crippen LogP contribution in [0.25, 0.3) is 11.0 Å². The van der Waals surface area contributed by atoms with Gasteiger partial charge in [0.2, 0.25) is 0 Å². The van der Waals surface area contributed by atoms with Gasteiger partial charge in [0, 0.05) is 10.9 Å². The van der Waals surface area contributed by atoms with E-state index in [1.807, 2.05) is 38.1 Å². The summed E-state index contributed by atoms with van der Waals surface area (Å²) in [5, 5.41) is 0.967. The standard InChI is InChI=1S/C10H8O2.C2H6/c1-7-6-8-4-2-3-5-9(8)12-10(7)11;1-2/h2-6H,1H3;1-2H3. The molecule has 0 unspecified atom stereocenters. The van der Waals surface area contributed by atoms with Crippen molar-refractivity contribution in [2.24, 2.45) is 0 Å². The van der Waals surface area contributed by atoms with Crippen molar-refractivity contribution in [3.05, 3.63) is 46.3 Å². The van der Waals surface area contributed by atoms with Gasteiger partial charge in [0.25, 0.3) is 0 Å². The van der Waals surface area contributed by atoms with E-state index >= 15 is 0 Å². The number of aryl methyl sites for hydroxylation is 1. The van der Waals surface area contributed by atoms with Crippen molar-refractivity contribution >= 4 is 11.0 Å². The molecule has 0 atom stereocenters. The second-order valence-electron chi connectivity index (χ2n) is 2.75. The van der Waals surface area contributed by atoms with E-state index in [1.165, 1.54) is 0 Å². The minimum atomic E-state index is -0.256. The second kappa shape index (κ2) is 4.61. The molecule has 0 fully saturated rings. The molecule has 2 rings (SSSR count). The zero-order valence-corrected chi connectivity index (χ0v) is 8.70. The summed E-state index contributed by atoms with van der Waals surface area (Å²) in [6, 6.07) is 9.31. The molecule has 2 aromatic rings. The van der Waals surface area contributed by atoms with E-state index in [0.29, 0.717) is 11.1 Å². The first-order valence-corrected chi connectivity index (χ1v) is 4.77. The Kier molecular flexibility index (Phi) is 3.46. The number of benzene rings is 1. The van der Waals surface area contributed by atoms with Gasteiger partial charge in [-0.3, -0.25) is 0 Å². The lowest BCUT2D eigenvalue weighted by Crippen LogP contribution is -2.01. The summed E-state index contributed by atoms with van der Waals surface area (Å²) >= 11 is 0. The van der Waals surface area contributed by atoms with Crippen LogP contribution in [-0.4, -0.2) is 0 Å². The van der Waals surface area contributed by atoms with Crippen molar-refractivity contribution in [2.45, 2.75) is 20.8 Å². The van der Waals surface area contributed by atoms with E-state index in [0.717, 1.165) is 5.39 Å². The lowest BCUT2D eigenvalue weighted by Gasteiger charge is -1.95. The predicted molar refractivity (Wildman–Crippen MR) is 58.6 cm³/mol. The van der Waals surface area contributed by atoms with Crippen molar-refractivity contribution in [2.75, 3.05) is 0 Å². The molecule has 14 heavy (non-hydrogen) atoms. The molecule has 1 aromatic carbocycles. The van der Waals surface area contributed by atoms with E-state index in [9.17, 15) is 4.79 Å². The van der Waals surface area contributed by atoms with E-state index in [1.54, 1.807) is 13.0 Å². The van der Waals surface area contributed by atoms with Gasteiger partial charge in [-0.05, 0) is 19.1 Å². The predicted octanol–water partition coefficient (Wildman–Crippen LogP) is 3.13. The Balaban J connectivity index is 0.000000461. The molecule has 1 heterocycles. The van der Waals surface area contributed by atoms with Gasteiger partial charge in [-0.1, -0.05) is 32.0 Å². The third kappa shape index (κ3) is 2.02. The largest absolute Gasteiger partial charge is 0.423 e. The van der Waals surface area contributed by atoms with Gasteiger partial charge in [0.1, 0.15) is 5.58 Å². The lowest BCUT2D eigenvalue weighted by atomic mass is 10.2. The average Bonchev–Trinajstić information content (AvgIpc) is 2.23. The Morgan fingerprint density at radius 3 is 2.50 bits per heavy atom. The van der Waals surface area contributed by atoms with Crippen molar-refractivity contribution in [3.63, 3.8) is 0 Å². The average molecular weight is 190 g/mol. The molecule has 0 bridgehead atoms. The Morgan fingerprint density at radius 2 is 1.79 bits per heavy atom. The number of hydrogen-bond acceptors (Lipinski definition) is 2. The van der Waals surface area contributed by atoms with Gasteiger partial charge in [0.15, 0.2) is 0 Å². The maximum absolute atomic E-state index is 11.1. The van der Waals surface area contributed by atoms with E-state index in [-0.39, 0.29) is 5.63 Å². The molecule has 0 saturated carbocycles. The van der Waals surface area contributed by atoms with Crippen LogP contribution in [0, 0.1) is 6.92 Å². The molecular formula is C12H14O2. The molecule has 2 nitrogen and oxygen atoms in total. The van der Waals surface area contributed by atoms with Crippen LogP contribution in [0.4, 0.5) is 0 Å². The maximum atomic E-state index is 11.1. The minimum Gasteiger partial charge on any atom is -0.423 e. The highest BCUT2D eigenvalue weighted by Gasteiger charge is 1.98. The second-order valence-corrected chi connectivity index (χ2v) is 2.75. The van der Waals surface area contributed by atoms with Crippen LogP contribution in [0.15, 0.2) is 39.5 Å². The first-order valence-electron chi connectivity index (χ1n) is 4.77. The van der Waals surface area contributed by atoms with Crippen LogP contribution in [0.3, 0.4) is 0 Å². The lowest BCUT2D eigenvalue weighted by molar-refractivity contribution is 0.555. The first kappa shape index (κ1) is 10.5. The summed E-state index contributed by atoms with van der Waals surface area (Å²) in [5.74, 6) is 0. The highest BCUT2D eigenvalue weighted by Crippen LogP contribution is 2.11. The molecule has 1 aromatic heterocycles.